The van der Waals surface area contributed by atoms with E-state index in [1.807, 2.05) is 18.1 Å². The molecular formula is C17H20N4O3. The van der Waals surface area contributed by atoms with Gasteiger partial charge in [0, 0.05) is 30.9 Å². The first-order valence-corrected chi connectivity index (χ1v) is 7.85. The van der Waals surface area contributed by atoms with Gasteiger partial charge in [-0.2, -0.15) is 5.10 Å². The molecule has 1 atom stereocenters. The van der Waals surface area contributed by atoms with E-state index in [2.05, 4.69) is 5.10 Å². The minimum Gasteiger partial charge on any atom is -0.484 e. The lowest BCUT2D eigenvalue weighted by atomic mass is 10.1. The molecule has 0 bridgehead atoms. The summed E-state index contributed by atoms with van der Waals surface area (Å²) >= 11 is 0. The molecule has 0 unspecified atom stereocenters. The number of hydrogen-bond donors (Lipinski definition) is 1. The molecule has 1 saturated heterocycles. The largest absolute Gasteiger partial charge is 0.484 e. The Hall–Kier alpha value is -2.83. The second-order valence-electron chi connectivity index (χ2n) is 5.87. The third kappa shape index (κ3) is 3.40. The van der Waals surface area contributed by atoms with Crippen molar-refractivity contribution >= 4 is 11.8 Å². The Morgan fingerprint density at radius 3 is 2.71 bits per heavy atom. The summed E-state index contributed by atoms with van der Waals surface area (Å²) in [7, 11) is 1.86. The number of carbonyl (C=O) groups excluding carboxylic acids is 2. The molecule has 2 heterocycles. The molecule has 2 amide bonds. The Labute approximate surface area is 140 Å². The molecule has 7 nitrogen and oxygen atoms in total. The first-order chi connectivity index (χ1) is 11.5. The van der Waals surface area contributed by atoms with Crippen LogP contribution in [0.2, 0.25) is 0 Å². The highest BCUT2D eigenvalue weighted by Gasteiger charge is 2.30. The van der Waals surface area contributed by atoms with Crippen LogP contribution < -0.4 is 10.5 Å². The minimum absolute atomic E-state index is 0.0350. The highest BCUT2D eigenvalue weighted by Crippen LogP contribution is 2.31. The van der Waals surface area contributed by atoms with Crippen LogP contribution in [-0.2, 0) is 11.8 Å². The lowest BCUT2D eigenvalue weighted by Crippen LogP contribution is -2.34. The molecule has 24 heavy (non-hydrogen) atoms. The zero-order chi connectivity index (χ0) is 17.1. The van der Waals surface area contributed by atoms with Crippen molar-refractivity contribution < 1.29 is 14.3 Å². The smallest absolute Gasteiger partial charge is 0.261 e. The molecule has 126 valence electrons. The van der Waals surface area contributed by atoms with Crippen LogP contribution >= 0.6 is 0 Å². The molecule has 0 aliphatic carbocycles. The fraction of sp³-hybridized carbons (Fsp3) is 0.353. The monoisotopic (exact) mass is 328 g/mol. The van der Waals surface area contributed by atoms with Crippen molar-refractivity contribution in [2.24, 2.45) is 12.8 Å². The molecule has 1 aliphatic heterocycles. The molecule has 1 aliphatic rings. The first kappa shape index (κ1) is 16.0. The van der Waals surface area contributed by atoms with Crippen molar-refractivity contribution in [2.75, 3.05) is 13.2 Å². The number of hydrogen-bond acceptors (Lipinski definition) is 4. The fourth-order valence-corrected chi connectivity index (χ4v) is 2.97. The molecule has 1 aromatic carbocycles. The van der Waals surface area contributed by atoms with Gasteiger partial charge in [-0.05, 0) is 37.1 Å². The Morgan fingerprint density at radius 1 is 1.33 bits per heavy atom. The van der Waals surface area contributed by atoms with Crippen LogP contribution in [0.25, 0.3) is 0 Å². The standard InChI is InChI=1S/C17H20N4O3/c1-20-10-13(9-19-20)15-3-2-8-21(15)16(22)11-24-14-6-4-12(5-7-14)17(18)23/h4-7,9-10,15H,2-3,8,11H2,1H3,(H2,18,23)/t15-/m0/s1. The highest BCUT2D eigenvalue weighted by atomic mass is 16.5. The third-order valence-electron chi connectivity index (χ3n) is 4.18. The maximum absolute atomic E-state index is 12.5. The van der Waals surface area contributed by atoms with Gasteiger partial charge in [0.25, 0.3) is 5.91 Å². The number of likely N-dealkylation sites (tertiary alicyclic amines) is 1. The van der Waals surface area contributed by atoms with Gasteiger partial charge in [-0.1, -0.05) is 0 Å². The van der Waals surface area contributed by atoms with Crippen molar-refractivity contribution in [3.05, 3.63) is 47.8 Å². The maximum Gasteiger partial charge on any atom is 0.261 e. The predicted octanol–water partition coefficient (Wildman–Crippen LogP) is 1.26. The van der Waals surface area contributed by atoms with E-state index in [-0.39, 0.29) is 18.6 Å². The van der Waals surface area contributed by atoms with E-state index in [1.54, 1.807) is 35.1 Å². The Bertz CT molecular complexity index is 739. The molecule has 0 radical (unpaired) electrons. The Kier molecular flexibility index (Phi) is 4.50. The van der Waals surface area contributed by atoms with Crippen molar-refractivity contribution in [1.29, 1.82) is 0 Å². The van der Waals surface area contributed by atoms with Gasteiger partial charge in [0.1, 0.15) is 5.75 Å². The summed E-state index contributed by atoms with van der Waals surface area (Å²) < 4.78 is 7.28. The second-order valence-corrected chi connectivity index (χ2v) is 5.87. The van der Waals surface area contributed by atoms with Crippen molar-refractivity contribution in [1.82, 2.24) is 14.7 Å². The lowest BCUT2D eigenvalue weighted by molar-refractivity contribution is -0.134. The molecule has 7 heteroatoms. The van der Waals surface area contributed by atoms with Gasteiger partial charge >= 0.3 is 0 Å². The molecule has 3 rings (SSSR count). The summed E-state index contributed by atoms with van der Waals surface area (Å²) in [5.41, 5.74) is 6.65. The molecular weight excluding hydrogens is 308 g/mol. The average Bonchev–Trinajstić information content (AvgIpc) is 3.21. The van der Waals surface area contributed by atoms with Gasteiger partial charge in [-0.25, -0.2) is 0 Å². The van der Waals surface area contributed by atoms with Gasteiger partial charge in [-0.15, -0.1) is 0 Å². The number of amides is 2. The number of benzene rings is 1. The van der Waals surface area contributed by atoms with Crippen LogP contribution in [0.1, 0.15) is 34.8 Å². The molecule has 2 N–H and O–H groups in total. The summed E-state index contributed by atoms with van der Waals surface area (Å²) in [6.45, 7) is 0.690. The van der Waals surface area contributed by atoms with Gasteiger partial charge in [-0.3, -0.25) is 14.3 Å². The number of rotatable bonds is 5. The average molecular weight is 328 g/mol. The van der Waals surface area contributed by atoms with E-state index in [9.17, 15) is 9.59 Å². The zero-order valence-corrected chi connectivity index (χ0v) is 13.5. The molecule has 1 aromatic heterocycles. The highest BCUT2D eigenvalue weighted by molar-refractivity contribution is 5.92. The molecule has 0 saturated carbocycles. The summed E-state index contributed by atoms with van der Waals surface area (Å²) in [5.74, 6) is -0.0141. The lowest BCUT2D eigenvalue weighted by Gasteiger charge is -2.24. The van der Waals surface area contributed by atoms with Crippen molar-refractivity contribution in [3.63, 3.8) is 0 Å². The van der Waals surface area contributed by atoms with Crippen LogP contribution in [0.15, 0.2) is 36.7 Å². The van der Waals surface area contributed by atoms with Crippen molar-refractivity contribution in [2.45, 2.75) is 18.9 Å². The van der Waals surface area contributed by atoms with E-state index in [0.717, 1.165) is 24.9 Å². The zero-order valence-electron chi connectivity index (χ0n) is 13.5. The van der Waals surface area contributed by atoms with E-state index < -0.39 is 5.91 Å². The summed E-state index contributed by atoms with van der Waals surface area (Å²) in [6.07, 6.45) is 5.66. The molecule has 0 spiro atoms. The summed E-state index contributed by atoms with van der Waals surface area (Å²) in [4.78, 5) is 25.4. The number of nitrogens with two attached hydrogens (primary N) is 1. The molecule has 1 fully saturated rings. The van der Waals surface area contributed by atoms with E-state index in [1.165, 1.54) is 0 Å². The summed E-state index contributed by atoms with van der Waals surface area (Å²) in [6, 6.07) is 6.49. The van der Waals surface area contributed by atoms with Crippen LogP contribution in [-0.4, -0.2) is 39.6 Å². The van der Waals surface area contributed by atoms with Crippen molar-refractivity contribution in [3.8, 4) is 5.75 Å². The Morgan fingerprint density at radius 2 is 2.08 bits per heavy atom. The first-order valence-electron chi connectivity index (χ1n) is 7.85. The number of aromatic nitrogens is 2. The normalized spacial score (nSPS) is 17.0. The SMILES string of the molecule is Cn1cc([C@@H]2CCCN2C(=O)COc2ccc(C(N)=O)cc2)cn1. The minimum atomic E-state index is -0.492. The van der Waals surface area contributed by atoms with Crippen LogP contribution in [0.3, 0.4) is 0 Å². The topological polar surface area (TPSA) is 90.5 Å². The van der Waals surface area contributed by atoms with Crippen LogP contribution in [0, 0.1) is 0 Å². The van der Waals surface area contributed by atoms with Crippen LogP contribution in [0.4, 0.5) is 0 Å². The van der Waals surface area contributed by atoms with E-state index >= 15 is 0 Å². The number of carbonyl (C=O) groups is 2. The fourth-order valence-electron chi connectivity index (χ4n) is 2.97. The van der Waals surface area contributed by atoms with E-state index in [0.29, 0.717) is 11.3 Å². The van der Waals surface area contributed by atoms with Gasteiger partial charge in [0.15, 0.2) is 6.61 Å². The number of aryl methyl sites for hydroxylation is 1. The van der Waals surface area contributed by atoms with Crippen LogP contribution in [0.5, 0.6) is 5.75 Å². The van der Waals surface area contributed by atoms with Gasteiger partial charge < -0.3 is 15.4 Å². The van der Waals surface area contributed by atoms with Gasteiger partial charge in [0.05, 0.1) is 12.2 Å². The number of ether oxygens (including phenoxy) is 1. The predicted molar refractivity (Wildman–Crippen MR) is 87.4 cm³/mol. The summed E-state index contributed by atoms with van der Waals surface area (Å²) in [5, 5.41) is 4.18. The third-order valence-corrected chi connectivity index (χ3v) is 4.18. The molecule has 2 aromatic rings. The quantitative estimate of drug-likeness (QED) is 0.894. The van der Waals surface area contributed by atoms with Gasteiger partial charge in [0.2, 0.25) is 5.91 Å². The number of nitrogens with zero attached hydrogens (tertiary/aromatic N) is 3. The maximum atomic E-state index is 12.5. The Balaban J connectivity index is 1.60. The number of primary amides is 1. The van der Waals surface area contributed by atoms with E-state index in [4.69, 9.17) is 10.5 Å². The second kappa shape index (κ2) is 6.74.